The molecule has 0 fully saturated rings. The summed E-state index contributed by atoms with van der Waals surface area (Å²) < 4.78 is 6.51. The molecule has 326 valence electrons. The molecule has 69 heavy (non-hydrogen) atoms. The fraction of sp³-hybridized carbons (Fsp3) is 0.0588. The average molecular weight is 881 g/mol. The van der Waals surface area contributed by atoms with Gasteiger partial charge < -0.3 is 4.42 Å². The normalized spacial score (nSPS) is 12.7. The highest BCUT2D eigenvalue weighted by Gasteiger charge is 2.36. The summed E-state index contributed by atoms with van der Waals surface area (Å²) in [5, 5.41) is 4.79. The van der Waals surface area contributed by atoms with Crippen molar-refractivity contribution in [3.05, 3.63) is 277 Å². The van der Waals surface area contributed by atoms with Gasteiger partial charge in [-0.2, -0.15) is 0 Å². The Morgan fingerprint density at radius 2 is 0.725 bits per heavy atom. The van der Waals surface area contributed by atoms with Crippen molar-refractivity contribution in [2.24, 2.45) is 0 Å². The topological polar surface area (TPSA) is 13.1 Å². The van der Waals surface area contributed by atoms with E-state index >= 15 is 0 Å². The molecule has 12 aromatic rings. The van der Waals surface area contributed by atoms with Crippen molar-refractivity contribution in [2.75, 3.05) is 0 Å². The van der Waals surface area contributed by atoms with E-state index in [1.807, 2.05) is 0 Å². The lowest BCUT2D eigenvalue weighted by molar-refractivity contribution is 0.659. The second-order valence-electron chi connectivity index (χ2n) is 19.2. The largest absolute Gasteiger partial charge is 0.456 e. The molecule has 13 rings (SSSR count). The minimum absolute atomic E-state index is 0.0297. The van der Waals surface area contributed by atoms with Crippen LogP contribution in [-0.4, -0.2) is 0 Å². The third kappa shape index (κ3) is 7.09. The summed E-state index contributed by atoms with van der Waals surface area (Å²) in [5.41, 5.74) is 22.9. The van der Waals surface area contributed by atoms with Crippen molar-refractivity contribution < 1.29 is 4.42 Å². The molecule has 0 saturated carbocycles. The summed E-state index contributed by atoms with van der Waals surface area (Å²) in [6, 6.07) is 91.4. The monoisotopic (exact) mass is 880 g/mol. The van der Waals surface area contributed by atoms with E-state index in [-0.39, 0.29) is 11.3 Å². The SMILES string of the molecule is CC1(C)c2cc(-c3ccc4c(c3)oc3ccc5ccccc5c34)ccc2-c2ccc(C(c3ccc(-c4ccc(-c5ccccc5)cc4)cc3)c3ccc(-c4ccc(-c5ccccc5)cc4)cc3)cc21. The standard InChI is InChI=1S/C68H48O/c1-68(2)62-41-55(56-34-39-61-65(43-56)69-64-40-36-52-15-9-10-16-58(52)67(61)64)33-37-59(62)60-38-35-57(42-63(60)68)66(53-29-25-50(26-30-53)48-21-17-46(18-22-48)44-11-5-3-6-12-44)54-31-27-51(28-32-54)49-23-19-47(20-24-49)45-13-7-4-8-14-45/h3-43,66H,1-2H3. The minimum Gasteiger partial charge on any atom is -0.456 e. The van der Waals surface area contributed by atoms with Crippen molar-refractivity contribution in [3.8, 4) is 66.8 Å². The van der Waals surface area contributed by atoms with Gasteiger partial charge >= 0.3 is 0 Å². The van der Waals surface area contributed by atoms with Crippen molar-refractivity contribution >= 4 is 32.7 Å². The molecule has 0 aliphatic heterocycles. The van der Waals surface area contributed by atoms with Crippen molar-refractivity contribution in [1.82, 2.24) is 0 Å². The summed E-state index contributed by atoms with van der Waals surface area (Å²) in [6.45, 7) is 4.78. The molecule has 1 heterocycles. The number of rotatable bonds is 8. The molecular formula is C68H48O. The summed E-state index contributed by atoms with van der Waals surface area (Å²) in [7, 11) is 0. The smallest absolute Gasteiger partial charge is 0.136 e. The summed E-state index contributed by atoms with van der Waals surface area (Å²) in [5.74, 6) is 0.0297. The molecule has 0 saturated heterocycles. The molecule has 1 nitrogen and oxygen atoms in total. The summed E-state index contributed by atoms with van der Waals surface area (Å²) in [6.07, 6.45) is 0. The number of benzene rings is 11. The Morgan fingerprint density at radius 3 is 1.29 bits per heavy atom. The van der Waals surface area contributed by atoms with Crippen LogP contribution >= 0.6 is 0 Å². The van der Waals surface area contributed by atoms with Crippen LogP contribution < -0.4 is 0 Å². The maximum absolute atomic E-state index is 6.51. The van der Waals surface area contributed by atoms with Crippen LogP contribution in [0.3, 0.4) is 0 Å². The van der Waals surface area contributed by atoms with E-state index in [0.717, 1.165) is 22.1 Å². The predicted octanol–water partition coefficient (Wildman–Crippen LogP) is 18.6. The molecule has 1 heteroatoms. The quantitative estimate of drug-likeness (QED) is 0.139. The van der Waals surface area contributed by atoms with E-state index in [2.05, 4.69) is 263 Å². The van der Waals surface area contributed by atoms with Gasteiger partial charge in [-0.25, -0.2) is 0 Å². The molecule has 0 atom stereocenters. The van der Waals surface area contributed by atoms with Gasteiger partial charge in [0.1, 0.15) is 11.2 Å². The Hall–Kier alpha value is -8.52. The molecule has 1 aromatic heterocycles. The van der Waals surface area contributed by atoms with E-state index in [9.17, 15) is 0 Å². The lowest BCUT2D eigenvalue weighted by atomic mass is 9.78. The molecule has 0 radical (unpaired) electrons. The zero-order valence-electron chi connectivity index (χ0n) is 38.7. The maximum atomic E-state index is 6.51. The van der Waals surface area contributed by atoms with Crippen molar-refractivity contribution in [2.45, 2.75) is 25.2 Å². The zero-order chi connectivity index (χ0) is 46.1. The number of hydrogen-bond donors (Lipinski definition) is 0. The first-order chi connectivity index (χ1) is 33.9. The Morgan fingerprint density at radius 1 is 0.304 bits per heavy atom. The van der Waals surface area contributed by atoms with Crippen LogP contribution in [-0.2, 0) is 5.41 Å². The molecular weight excluding hydrogens is 833 g/mol. The van der Waals surface area contributed by atoms with Crippen LogP contribution in [0.5, 0.6) is 0 Å². The third-order valence-electron chi connectivity index (χ3n) is 14.9. The van der Waals surface area contributed by atoms with Gasteiger partial charge in [-0.05, 0) is 130 Å². The third-order valence-corrected chi connectivity index (χ3v) is 14.9. The van der Waals surface area contributed by atoms with E-state index in [1.165, 1.54) is 105 Å². The fourth-order valence-electron chi connectivity index (χ4n) is 11.1. The van der Waals surface area contributed by atoms with Gasteiger partial charge in [0.15, 0.2) is 0 Å². The maximum Gasteiger partial charge on any atom is 0.136 e. The number of hydrogen-bond acceptors (Lipinski definition) is 1. The average Bonchev–Trinajstić information content (AvgIpc) is 3.90. The second kappa shape index (κ2) is 16.4. The molecule has 0 N–H and O–H groups in total. The molecule has 1 aliphatic carbocycles. The molecule has 0 amide bonds. The van der Waals surface area contributed by atoms with E-state index in [4.69, 9.17) is 4.42 Å². The van der Waals surface area contributed by atoms with Gasteiger partial charge in [-0.15, -0.1) is 0 Å². The number of fused-ring (bicyclic) bond motifs is 8. The van der Waals surface area contributed by atoms with Gasteiger partial charge in [0.2, 0.25) is 0 Å². The summed E-state index contributed by atoms with van der Waals surface area (Å²) >= 11 is 0. The second-order valence-corrected chi connectivity index (χ2v) is 19.2. The van der Waals surface area contributed by atoms with Gasteiger partial charge in [0, 0.05) is 22.1 Å². The van der Waals surface area contributed by atoms with Crippen LogP contribution in [0, 0.1) is 0 Å². The van der Waals surface area contributed by atoms with Crippen molar-refractivity contribution in [1.29, 1.82) is 0 Å². The van der Waals surface area contributed by atoms with Crippen LogP contribution in [0.4, 0.5) is 0 Å². The zero-order valence-corrected chi connectivity index (χ0v) is 38.7. The van der Waals surface area contributed by atoms with Crippen LogP contribution in [0.2, 0.25) is 0 Å². The Kier molecular flexibility index (Phi) is 9.66. The lowest BCUT2D eigenvalue weighted by Crippen LogP contribution is -2.16. The lowest BCUT2D eigenvalue weighted by Gasteiger charge is -2.25. The van der Waals surface area contributed by atoms with E-state index in [1.54, 1.807) is 0 Å². The highest BCUT2D eigenvalue weighted by molar-refractivity contribution is 6.19. The predicted molar refractivity (Wildman–Crippen MR) is 290 cm³/mol. The van der Waals surface area contributed by atoms with Gasteiger partial charge in [-0.3, -0.25) is 0 Å². The van der Waals surface area contributed by atoms with E-state index < -0.39 is 0 Å². The van der Waals surface area contributed by atoms with Crippen LogP contribution in [0.1, 0.15) is 47.6 Å². The fourth-order valence-corrected chi connectivity index (χ4v) is 11.1. The molecule has 0 spiro atoms. The Bertz CT molecular complexity index is 3730. The molecule has 0 bridgehead atoms. The number of furan rings is 1. The van der Waals surface area contributed by atoms with Gasteiger partial charge in [0.05, 0.1) is 0 Å². The van der Waals surface area contributed by atoms with Gasteiger partial charge in [0.25, 0.3) is 0 Å². The van der Waals surface area contributed by atoms with E-state index in [0.29, 0.717) is 0 Å². The summed E-state index contributed by atoms with van der Waals surface area (Å²) in [4.78, 5) is 0. The van der Waals surface area contributed by atoms with Gasteiger partial charge in [-0.1, -0.05) is 238 Å². The first-order valence-corrected chi connectivity index (χ1v) is 24.1. The first kappa shape index (κ1) is 40.7. The first-order valence-electron chi connectivity index (χ1n) is 24.1. The molecule has 1 aliphatic rings. The Labute approximate surface area is 403 Å². The minimum atomic E-state index is -0.213. The molecule has 0 unspecified atom stereocenters. The highest BCUT2D eigenvalue weighted by atomic mass is 16.3. The molecule has 11 aromatic carbocycles. The van der Waals surface area contributed by atoms with Crippen molar-refractivity contribution in [3.63, 3.8) is 0 Å². The van der Waals surface area contributed by atoms with Crippen LogP contribution in [0.15, 0.2) is 253 Å². The Balaban J connectivity index is 0.850. The highest BCUT2D eigenvalue weighted by Crippen LogP contribution is 2.51. The van der Waals surface area contributed by atoms with Crippen LogP contribution in [0.25, 0.3) is 99.5 Å².